The zero-order chi connectivity index (χ0) is 20.1. The van der Waals surface area contributed by atoms with Crippen LogP contribution in [0, 0.1) is 10.1 Å². The summed E-state index contributed by atoms with van der Waals surface area (Å²) in [5.41, 5.74) is 0.820. The number of carbonyl (C=O) groups excluding carboxylic acids is 1. The molecule has 146 valence electrons. The van der Waals surface area contributed by atoms with E-state index < -0.39 is 39.1 Å². The van der Waals surface area contributed by atoms with Crippen molar-refractivity contribution in [1.82, 2.24) is 9.88 Å². The Bertz CT molecular complexity index is 1010. The number of hydrogen-bond acceptors (Lipinski definition) is 7. The molecular formula is C18H17N3O6S. The fraction of sp³-hybridized carbons (Fsp3) is 0.222. The molecule has 10 heteroatoms. The molecule has 0 bridgehead atoms. The van der Waals surface area contributed by atoms with Crippen molar-refractivity contribution in [3.63, 3.8) is 0 Å². The van der Waals surface area contributed by atoms with E-state index in [-0.39, 0.29) is 18.0 Å². The van der Waals surface area contributed by atoms with E-state index in [9.17, 15) is 23.3 Å². The number of hydrogen-bond donors (Lipinski definition) is 0. The third-order valence-corrected chi connectivity index (χ3v) is 5.48. The molecule has 0 fully saturated rings. The van der Waals surface area contributed by atoms with Crippen molar-refractivity contribution in [3.8, 4) is 5.75 Å². The van der Waals surface area contributed by atoms with Gasteiger partial charge in [-0.3, -0.25) is 4.79 Å². The van der Waals surface area contributed by atoms with Crippen LogP contribution >= 0.6 is 0 Å². The summed E-state index contributed by atoms with van der Waals surface area (Å²) in [7, 11) is -3.37. The predicted molar refractivity (Wildman–Crippen MR) is 100 cm³/mol. The van der Waals surface area contributed by atoms with Crippen LogP contribution in [-0.4, -0.2) is 47.5 Å². The number of sulfone groups is 1. The number of nitro groups is 1. The van der Waals surface area contributed by atoms with Crippen LogP contribution in [0.5, 0.6) is 5.75 Å². The Labute approximate surface area is 161 Å². The normalized spacial score (nSPS) is 17.2. The summed E-state index contributed by atoms with van der Waals surface area (Å²) < 4.78 is 28.9. The summed E-state index contributed by atoms with van der Waals surface area (Å²) in [5, 5.41) is 12.1. The van der Waals surface area contributed by atoms with E-state index >= 15 is 0 Å². The molecule has 1 aromatic heterocycles. The van der Waals surface area contributed by atoms with E-state index in [0.717, 1.165) is 11.0 Å². The molecule has 0 radical (unpaired) electrons. The molecule has 28 heavy (non-hydrogen) atoms. The number of aromatic nitrogens is 1. The number of carbonyl (C=O) groups is 1. The lowest BCUT2D eigenvalue weighted by Crippen LogP contribution is -2.42. The molecular weight excluding hydrogens is 386 g/mol. The molecule has 3 rings (SSSR count). The van der Waals surface area contributed by atoms with Crippen molar-refractivity contribution in [2.45, 2.75) is 12.6 Å². The van der Waals surface area contributed by atoms with Crippen molar-refractivity contribution in [2.75, 3.05) is 12.4 Å². The number of pyridine rings is 1. The smallest absolute Gasteiger partial charge is 0.406 e. The third kappa shape index (κ3) is 4.71. The lowest BCUT2D eigenvalue weighted by molar-refractivity contribution is -0.390. The van der Waals surface area contributed by atoms with E-state index in [1.54, 1.807) is 0 Å². The van der Waals surface area contributed by atoms with Crippen LogP contribution in [0.15, 0.2) is 60.1 Å². The zero-order valence-corrected chi connectivity index (χ0v) is 15.5. The Kier molecular flexibility index (Phi) is 5.69. The second kappa shape index (κ2) is 8.17. The lowest BCUT2D eigenvalue weighted by Gasteiger charge is -2.27. The summed E-state index contributed by atoms with van der Waals surface area (Å²) in [6, 6.07) is 11.3. The second-order valence-corrected chi connectivity index (χ2v) is 8.03. The fourth-order valence-electron chi connectivity index (χ4n) is 2.78. The van der Waals surface area contributed by atoms with E-state index in [1.165, 1.54) is 29.3 Å². The summed E-state index contributed by atoms with van der Waals surface area (Å²) in [5.74, 6) is -1.32. The monoisotopic (exact) mass is 403 g/mol. The molecule has 2 heterocycles. The lowest BCUT2D eigenvalue weighted by atomic mass is 10.2. The minimum absolute atomic E-state index is 0.130. The van der Waals surface area contributed by atoms with Crippen molar-refractivity contribution in [2.24, 2.45) is 0 Å². The maximum Gasteiger partial charge on any atom is 0.406 e. The topological polar surface area (TPSA) is 120 Å². The van der Waals surface area contributed by atoms with Crippen molar-refractivity contribution < 1.29 is 22.9 Å². The van der Waals surface area contributed by atoms with Gasteiger partial charge in [-0.05, 0) is 33.7 Å². The standard InChI is InChI=1S/C18H17N3O6S/c22-17(12-27-16-7-4-9-19-18(16)21(23)24)20(11-14-5-2-1-3-6-14)15-8-10-28(25,26)13-15/h1-10,15H,11-13H2/t15-/m1/s1. The highest BCUT2D eigenvalue weighted by Gasteiger charge is 2.31. The molecule has 1 amide bonds. The Balaban J connectivity index is 1.77. The molecule has 1 aliphatic rings. The van der Waals surface area contributed by atoms with Crippen LogP contribution in [0.1, 0.15) is 5.56 Å². The summed E-state index contributed by atoms with van der Waals surface area (Å²) >= 11 is 0. The quantitative estimate of drug-likeness (QED) is 0.510. The van der Waals surface area contributed by atoms with E-state index in [4.69, 9.17) is 4.74 Å². The van der Waals surface area contributed by atoms with Gasteiger partial charge in [-0.1, -0.05) is 30.3 Å². The van der Waals surface area contributed by atoms with Gasteiger partial charge in [0.25, 0.3) is 5.91 Å². The number of benzene rings is 1. The first-order chi connectivity index (χ1) is 13.4. The molecule has 1 aliphatic heterocycles. The van der Waals surface area contributed by atoms with Crippen molar-refractivity contribution in [3.05, 3.63) is 75.8 Å². The SMILES string of the molecule is O=C(COc1cccnc1[N+](=O)[O-])N(Cc1ccccc1)[C@@H]1C=CS(=O)(=O)C1. The maximum absolute atomic E-state index is 12.8. The van der Waals surface area contributed by atoms with Crippen LogP contribution in [0.4, 0.5) is 5.82 Å². The predicted octanol–water partition coefficient (Wildman–Crippen LogP) is 1.71. The van der Waals surface area contributed by atoms with Gasteiger partial charge in [0, 0.05) is 12.0 Å². The molecule has 0 N–H and O–H groups in total. The van der Waals surface area contributed by atoms with Gasteiger partial charge in [-0.15, -0.1) is 0 Å². The summed E-state index contributed by atoms with van der Waals surface area (Å²) in [6.45, 7) is -0.299. The van der Waals surface area contributed by atoms with E-state index in [1.807, 2.05) is 30.3 Å². The largest absolute Gasteiger partial charge is 0.476 e. The van der Waals surface area contributed by atoms with Gasteiger partial charge >= 0.3 is 5.82 Å². The fourth-order valence-corrected chi connectivity index (χ4v) is 4.08. The van der Waals surface area contributed by atoms with Crippen LogP contribution < -0.4 is 4.74 Å². The van der Waals surface area contributed by atoms with Crippen LogP contribution in [-0.2, 0) is 21.2 Å². The van der Waals surface area contributed by atoms with Gasteiger partial charge < -0.3 is 19.8 Å². The number of rotatable bonds is 7. The first kappa shape index (κ1) is 19.5. The van der Waals surface area contributed by atoms with Gasteiger partial charge in [0.2, 0.25) is 5.75 Å². The van der Waals surface area contributed by atoms with Gasteiger partial charge in [-0.25, -0.2) is 8.42 Å². The summed E-state index contributed by atoms with van der Waals surface area (Å²) in [6.07, 6.45) is 2.71. The minimum atomic E-state index is -3.37. The zero-order valence-electron chi connectivity index (χ0n) is 14.7. The average Bonchev–Trinajstić information content (AvgIpc) is 3.04. The van der Waals surface area contributed by atoms with Gasteiger partial charge in [0.05, 0.1) is 11.8 Å². The molecule has 0 unspecified atom stereocenters. The van der Waals surface area contributed by atoms with Crippen molar-refractivity contribution >= 4 is 21.6 Å². The molecule has 0 saturated carbocycles. The molecule has 0 spiro atoms. The van der Waals surface area contributed by atoms with Crippen molar-refractivity contribution in [1.29, 1.82) is 0 Å². The Morgan fingerprint density at radius 1 is 1.25 bits per heavy atom. The molecule has 0 aliphatic carbocycles. The van der Waals surface area contributed by atoms with E-state index in [2.05, 4.69) is 4.98 Å². The highest BCUT2D eigenvalue weighted by Crippen LogP contribution is 2.23. The molecule has 1 atom stereocenters. The maximum atomic E-state index is 12.8. The third-order valence-electron chi connectivity index (χ3n) is 4.10. The Morgan fingerprint density at radius 3 is 2.64 bits per heavy atom. The highest BCUT2D eigenvalue weighted by atomic mass is 32.2. The van der Waals surface area contributed by atoms with Gasteiger partial charge in [0.1, 0.15) is 6.20 Å². The first-order valence-corrected chi connectivity index (χ1v) is 10.0. The number of ether oxygens (including phenoxy) is 1. The second-order valence-electron chi connectivity index (χ2n) is 6.10. The summed E-state index contributed by atoms with van der Waals surface area (Å²) in [4.78, 5) is 28.1. The molecule has 0 saturated heterocycles. The molecule has 1 aromatic carbocycles. The van der Waals surface area contributed by atoms with Gasteiger partial charge in [0.15, 0.2) is 16.4 Å². The minimum Gasteiger partial charge on any atom is -0.476 e. The number of amides is 1. The Morgan fingerprint density at radius 2 is 2.00 bits per heavy atom. The van der Waals surface area contributed by atoms with Crippen LogP contribution in [0.25, 0.3) is 0 Å². The highest BCUT2D eigenvalue weighted by molar-refractivity contribution is 7.94. The average molecular weight is 403 g/mol. The van der Waals surface area contributed by atoms with Crippen LogP contribution in [0.3, 0.4) is 0 Å². The van der Waals surface area contributed by atoms with Gasteiger partial charge in [-0.2, -0.15) is 0 Å². The first-order valence-electron chi connectivity index (χ1n) is 8.32. The van der Waals surface area contributed by atoms with E-state index in [0.29, 0.717) is 0 Å². The molecule has 2 aromatic rings. The van der Waals surface area contributed by atoms with Crippen LogP contribution in [0.2, 0.25) is 0 Å². The number of nitrogens with zero attached hydrogens (tertiary/aromatic N) is 3. The Hall–Kier alpha value is -3.27. The molecule has 9 nitrogen and oxygen atoms in total.